The second kappa shape index (κ2) is 6.96. The van der Waals surface area contributed by atoms with Gasteiger partial charge in [0, 0.05) is 25.7 Å². The molecule has 118 valence electrons. The van der Waals surface area contributed by atoms with Crippen LogP contribution in [-0.2, 0) is 0 Å². The van der Waals surface area contributed by atoms with Crippen molar-refractivity contribution in [3.63, 3.8) is 0 Å². The summed E-state index contributed by atoms with van der Waals surface area (Å²) in [4.78, 5) is 11.3. The molecule has 22 heavy (non-hydrogen) atoms. The first-order valence-electron chi connectivity index (χ1n) is 7.38. The molecular formula is C15H18Cl2N4O. The van der Waals surface area contributed by atoms with Crippen molar-refractivity contribution in [2.75, 3.05) is 31.1 Å². The van der Waals surface area contributed by atoms with E-state index in [1.165, 1.54) is 0 Å². The van der Waals surface area contributed by atoms with Gasteiger partial charge in [0.1, 0.15) is 5.82 Å². The second-order valence-electron chi connectivity index (χ2n) is 5.42. The molecule has 2 N–H and O–H groups in total. The number of piperidine rings is 1. The van der Waals surface area contributed by atoms with E-state index in [-0.39, 0.29) is 6.61 Å². The van der Waals surface area contributed by atoms with E-state index in [9.17, 15) is 0 Å². The third-order valence-electron chi connectivity index (χ3n) is 3.94. The first kappa shape index (κ1) is 15.7. The van der Waals surface area contributed by atoms with Crippen molar-refractivity contribution >= 4 is 40.1 Å². The number of anilines is 1. The van der Waals surface area contributed by atoms with Crippen LogP contribution in [0.25, 0.3) is 11.0 Å². The summed E-state index contributed by atoms with van der Waals surface area (Å²) in [7, 11) is 0. The molecule has 7 heteroatoms. The van der Waals surface area contributed by atoms with Crippen LogP contribution in [0.3, 0.4) is 0 Å². The molecule has 1 saturated heterocycles. The Bertz CT molecular complexity index is 659. The highest BCUT2D eigenvalue weighted by Crippen LogP contribution is 2.27. The normalized spacial score (nSPS) is 16.4. The fourth-order valence-electron chi connectivity index (χ4n) is 2.73. The fraction of sp³-hybridized carbons (Fsp3) is 0.467. The van der Waals surface area contributed by atoms with E-state index in [0.717, 1.165) is 42.8 Å². The molecule has 0 radical (unpaired) electrons. The Morgan fingerprint density at radius 1 is 1.18 bits per heavy atom. The maximum absolute atomic E-state index is 8.86. The van der Waals surface area contributed by atoms with Gasteiger partial charge in [-0.15, -0.1) is 0 Å². The van der Waals surface area contributed by atoms with Gasteiger partial charge >= 0.3 is 0 Å². The predicted molar refractivity (Wildman–Crippen MR) is 89.9 cm³/mol. The van der Waals surface area contributed by atoms with Crippen LogP contribution < -0.4 is 10.2 Å². The molecule has 1 aromatic heterocycles. The van der Waals surface area contributed by atoms with Crippen molar-refractivity contribution in [3.8, 4) is 0 Å². The molecule has 2 heterocycles. The molecule has 0 unspecified atom stereocenters. The summed E-state index contributed by atoms with van der Waals surface area (Å²) in [6.45, 7) is 2.68. The quantitative estimate of drug-likeness (QED) is 0.895. The van der Waals surface area contributed by atoms with Gasteiger partial charge in [0.15, 0.2) is 0 Å². The van der Waals surface area contributed by atoms with Gasteiger partial charge in [0.2, 0.25) is 0 Å². The topological polar surface area (TPSA) is 61.3 Å². The maximum atomic E-state index is 8.86. The lowest BCUT2D eigenvalue weighted by Gasteiger charge is -2.33. The fourth-order valence-corrected chi connectivity index (χ4v) is 3.05. The van der Waals surface area contributed by atoms with Gasteiger partial charge in [-0.3, -0.25) is 4.98 Å². The van der Waals surface area contributed by atoms with Crippen molar-refractivity contribution in [3.05, 3.63) is 28.4 Å². The minimum absolute atomic E-state index is 0.180. The number of rotatable bonds is 4. The van der Waals surface area contributed by atoms with Crippen molar-refractivity contribution in [2.45, 2.75) is 18.9 Å². The van der Waals surface area contributed by atoms with E-state index in [1.54, 1.807) is 18.3 Å². The molecule has 0 aliphatic carbocycles. The lowest BCUT2D eigenvalue weighted by Crippen LogP contribution is -2.43. The molecular weight excluding hydrogens is 323 g/mol. The van der Waals surface area contributed by atoms with Crippen LogP contribution in [0.2, 0.25) is 10.0 Å². The Hall–Kier alpha value is -1.14. The first-order valence-corrected chi connectivity index (χ1v) is 8.14. The van der Waals surface area contributed by atoms with Crippen LogP contribution in [0.15, 0.2) is 18.3 Å². The number of benzene rings is 1. The zero-order valence-electron chi connectivity index (χ0n) is 12.1. The summed E-state index contributed by atoms with van der Waals surface area (Å²) in [5.41, 5.74) is 1.50. The molecule has 1 fully saturated rings. The number of halogens is 2. The predicted octanol–water partition coefficient (Wildman–Crippen LogP) is 2.49. The maximum Gasteiger partial charge on any atom is 0.147 e. The zero-order chi connectivity index (χ0) is 15.5. The lowest BCUT2D eigenvalue weighted by atomic mass is 10.1. The third-order valence-corrected chi connectivity index (χ3v) is 4.66. The van der Waals surface area contributed by atoms with E-state index in [1.807, 2.05) is 0 Å². The molecule has 0 saturated carbocycles. The van der Waals surface area contributed by atoms with Crippen LogP contribution >= 0.6 is 23.2 Å². The average molecular weight is 341 g/mol. The molecule has 1 aromatic carbocycles. The van der Waals surface area contributed by atoms with Crippen LogP contribution in [0.1, 0.15) is 12.8 Å². The number of aliphatic hydroxyl groups is 1. The minimum atomic E-state index is 0.180. The minimum Gasteiger partial charge on any atom is -0.395 e. The number of aromatic nitrogens is 2. The number of nitrogens with one attached hydrogen (secondary N) is 1. The standard InChI is InChI=1S/C15H18Cl2N4O/c16-11-7-13-14(8-12(11)17)20-15(9-19-13)21-4-1-10(2-5-21)18-3-6-22/h7-10,18,22H,1-6H2. The smallest absolute Gasteiger partial charge is 0.147 e. The summed E-state index contributed by atoms with van der Waals surface area (Å²) >= 11 is 12.1. The Labute approximate surface area is 139 Å². The van der Waals surface area contributed by atoms with Crippen LogP contribution in [0, 0.1) is 0 Å². The Balaban J connectivity index is 1.73. The van der Waals surface area contributed by atoms with Gasteiger partial charge in [-0.25, -0.2) is 4.98 Å². The van der Waals surface area contributed by atoms with Crippen molar-refractivity contribution in [1.82, 2.24) is 15.3 Å². The molecule has 2 aromatic rings. The van der Waals surface area contributed by atoms with Gasteiger partial charge in [0.05, 0.1) is 33.9 Å². The monoisotopic (exact) mass is 340 g/mol. The second-order valence-corrected chi connectivity index (χ2v) is 6.24. The molecule has 1 aliphatic rings. The number of fused-ring (bicyclic) bond motifs is 1. The van der Waals surface area contributed by atoms with Gasteiger partial charge in [-0.2, -0.15) is 0 Å². The summed E-state index contributed by atoms with van der Waals surface area (Å²) < 4.78 is 0. The molecule has 1 aliphatic heterocycles. The van der Waals surface area contributed by atoms with Crippen LogP contribution in [0.4, 0.5) is 5.82 Å². The third kappa shape index (κ3) is 3.43. The van der Waals surface area contributed by atoms with Gasteiger partial charge in [-0.1, -0.05) is 23.2 Å². The SMILES string of the molecule is OCCNC1CCN(c2cnc3cc(Cl)c(Cl)cc3n2)CC1. The number of hydrogen-bond donors (Lipinski definition) is 2. The van der Waals surface area contributed by atoms with Gasteiger partial charge in [-0.05, 0) is 25.0 Å². The Kier molecular flexibility index (Phi) is 4.98. The number of nitrogens with zero attached hydrogens (tertiary/aromatic N) is 3. The Morgan fingerprint density at radius 3 is 2.55 bits per heavy atom. The van der Waals surface area contributed by atoms with Crippen molar-refractivity contribution < 1.29 is 5.11 Å². The summed E-state index contributed by atoms with van der Waals surface area (Å²) in [6, 6.07) is 3.96. The van der Waals surface area contributed by atoms with Crippen molar-refractivity contribution in [2.24, 2.45) is 0 Å². The average Bonchev–Trinajstić information content (AvgIpc) is 2.54. The summed E-state index contributed by atoms with van der Waals surface area (Å²) in [5, 5.41) is 13.2. The highest BCUT2D eigenvalue weighted by molar-refractivity contribution is 6.42. The van der Waals surface area contributed by atoms with E-state index in [2.05, 4.69) is 20.2 Å². The van der Waals surface area contributed by atoms with Crippen molar-refractivity contribution in [1.29, 1.82) is 0 Å². The van der Waals surface area contributed by atoms with Gasteiger partial charge < -0.3 is 15.3 Å². The van der Waals surface area contributed by atoms with Crippen LogP contribution in [0.5, 0.6) is 0 Å². The van der Waals surface area contributed by atoms with Crippen LogP contribution in [-0.4, -0.2) is 47.4 Å². The molecule has 3 rings (SSSR count). The molecule has 0 atom stereocenters. The first-order chi connectivity index (χ1) is 10.7. The highest BCUT2D eigenvalue weighted by atomic mass is 35.5. The van der Waals surface area contributed by atoms with E-state index in [4.69, 9.17) is 28.3 Å². The highest BCUT2D eigenvalue weighted by Gasteiger charge is 2.20. The van der Waals surface area contributed by atoms with E-state index in [0.29, 0.717) is 22.6 Å². The number of hydrogen-bond acceptors (Lipinski definition) is 5. The van der Waals surface area contributed by atoms with E-state index >= 15 is 0 Å². The zero-order valence-corrected chi connectivity index (χ0v) is 13.6. The lowest BCUT2D eigenvalue weighted by molar-refractivity contribution is 0.277. The molecule has 0 spiro atoms. The summed E-state index contributed by atoms with van der Waals surface area (Å²) in [5.74, 6) is 0.867. The molecule has 0 bridgehead atoms. The Morgan fingerprint density at radius 2 is 1.86 bits per heavy atom. The summed E-state index contributed by atoms with van der Waals surface area (Å²) in [6.07, 6.45) is 3.84. The molecule has 0 amide bonds. The largest absolute Gasteiger partial charge is 0.395 e. The van der Waals surface area contributed by atoms with E-state index < -0.39 is 0 Å². The van der Waals surface area contributed by atoms with Gasteiger partial charge in [0.25, 0.3) is 0 Å². The molecule has 5 nitrogen and oxygen atoms in total. The number of aliphatic hydroxyl groups excluding tert-OH is 1.